The van der Waals surface area contributed by atoms with Crippen molar-refractivity contribution in [2.24, 2.45) is 5.92 Å². The second-order valence-electron chi connectivity index (χ2n) is 6.91. The van der Waals surface area contributed by atoms with E-state index in [1.54, 1.807) is 6.20 Å². The third kappa shape index (κ3) is 3.54. The topological polar surface area (TPSA) is 73.0 Å². The van der Waals surface area contributed by atoms with Crippen LogP contribution in [0.5, 0.6) is 0 Å². The van der Waals surface area contributed by atoms with Gasteiger partial charge in [0.25, 0.3) is 0 Å². The van der Waals surface area contributed by atoms with Gasteiger partial charge >= 0.3 is 0 Å². The third-order valence-corrected chi connectivity index (χ3v) is 4.65. The minimum Gasteiger partial charge on any atom is -0.441 e. The molecule has 0 unspecified atom stereocenters. The van der Waals surface area contributed by atoms with Crippen molar-refractivity contribution in [2.45, 2.75) is 39.7 Å². The molecule has 1 aliphatic carbocycles. The van der Waals surface area contributed by atoms with Crippen molar-refractivity contribution < 1.29 is 9.21 Å². The summed E-state index contributed by atoms with van der Waals surface area (Å²) >= 11 is 0. The van der Waals surface area contributed by atoms with E-state index in [0.717, 1.165) is 23.5 Å². The van der Waals surface area contributed by atoms with Gasteiger partial charge in [0.2, 0.25) is 11.8 Å². The predicted octanol–water partition coefficient (Wildman–Crippen LogP) is 3.75. The first-order chi connectivity index (χ1) is 12.6. The Bertz CT molecular complexity index is 923. The van der Waals surface area contributed by atoms with Crippen LogP contribution >= 0.6 is 0 Å². The number of nitrogens with zero attached hydrogens (tertiary/aromatic N) is 3. The van der Waals surface area contributed by atoms with Crippen molar-refractivity contribution >= 4 is 11.7 Å². The van der Waals surface area contributed by atoms with Gasteiger partial charge in [0.05, 0.1) is 18.3 Å². The number of oxazole rings is 1. The molecule has 1 amide bonds. The van der Waals surface area contributed by atoms with Crippen molar-refractivity contribution in [2.75, 3.05) is 5.32 Å². The van der Waals surface area contributed by atoms with Gasteiger partial charge in [-0.2, -0.15) is 5.10 Å². The van der Waals surface area contributed by atoms with Crippen molar-refractivity contribution in [1.82, 2.24) is 14.8 Å². The normalized spacial score (nSPS) is 13.8. The second-order valence-corrected chi connectivity index (χ2v) is 6.91. The summed E-state index contributed by atoms with van der Waals surface area (Å²) in [4.78, 5) is 17.1. The van der Waals surface area contributed by atoms with Crippen LogP contribution < -0.4 is 5.32 Å². The zero-order valence-electron chi connectivity index (χ0n) is 15.0. The standard InChI is InChI=1S/C20H22N4O2/c1-13-11-21-24(12-15-8-9-15)19(13)23-18(25)10-17-14(2)26-20(22-17)16-6-4-3-5-7-16/h3-7,11,15H,8-10,12H2,1-2H3,(H,23,25). The molecule has 0 saturated heterocycles. The Kier molecular flexibility index (Phi) is 4.32. The van der Waals surface area contributed by atoms with Crippen LogP contribution in [0, 0.1) is 19.8 Å². The first-order valence-corrected chi connectivity index (χ1v) is 8.94. The van der Waals surface area contributed by atoms with Crippen molar-refractivity contribution in [3.8, 4) is 11.5 Å². The molecule has 1 saturated carbocycles. The lowest BCUT2D eigenvalue weighted by Crippen LogP contribution is -2.19. The summed E-state index contributed by atoms with van der Waals surface area (Å²) in [5.41, 5.74) is 2.54. The molecule has 2 aromatic heterocycles. The van der Waals surface area contributed by atoms with Gasteiger partial charge in [0.1, 0.15) is 11.6 Å². The van der Waals surface area contributed by atoms with E-state index < -0.39 is 0 Å². The molecule has 2 heterocycles. The number of hydrogen-bond donors (Lipinski definition) is 1. The highest BCUT2D eigenvalue weighted by atomic mass is 16.4. The van der Waals surface area contributed by atoms with E-state index in [4.69, 9.17) is 4.42 Å². The summed E-state index contributed by atoms with van der Waals surface area (Å²) in [6.07, 6.45) is 4.46. The smallest absolute Gasteiger partial charge is 0.231 e. The number of hydrogen-bond acceptors (Lipinski definition) is 4. The molecule has 1 fully saturated rings. The molecule has 1 aliphatic rings. The molecule has 1 aromatic carbocycles. The maximum atomic E-state index is 12.5. The summed E-state index contributed by atoms with van der Waals surface area (Å²) in [5.74, 6) is 2.58. The zero-order valence-corrected chi connectivity index (χ0v) is 15.0. The van der Waals surface area contributed by atoms with Crippen LogP contribution in [0.3, 0.4) is 0 Å². The predicted molar refractivity (Wildman–Crippen MR) is 98.7 cm³/mol. The second kappa shape index (κ2) is 6.78. The molecule has 26 heavy (non-hydrogen) atoms. The summed E-state index contributed by atoms with van der Waals surface area (Å²) in [6.45, 7) is 4.66. The number of rotatable bonds is 6. The van der Waals surface area contributed by atoms with Crippen molar-refractivity contribution in [3.63, 3.8) is 0 Å². The first-order valence-electron chi connectivity index (χ1n) is 8.94. The molecule has 0 bridgehead atoms. The van der Waals surface area contributed by atoms with Gasteiger partial charge in [0, 0.05) is 17.7 Å². The van der Waals surface area contributed by atoms with Crippen LogP contribution in [-0.4, -0.2) is 20.7 Å². The molecule has 0 aliphatic heterocycles. The van der Waals surface area contributed by atoms with E-state index in [2.05, 4.69) is 15.4 Å². The van der Waals surface area contributed by atoms with Crippen molar-refractivity contribution in [1.29, 1.82) is 0 Å². The number of benzene rings is 1. The minimum atomic E-state index is -0.110. The molecular formula is C20H22N4O2. The Hall–Kier alpha value is -2.89. The molecule has 0 spiro atoms. The van der Waals surface area contributed by atoms with E-state index in [1.165, 1.54) is 12.8 Å². The average molecular weight is 350 g/mol. The Labute approximate surface area is 152 Å². The van der Waals surface area contributed by atoms with Crippen LogP contribution in [0.1, 0.15) is 29.9 Å². The number of carbonyl (C=O) groups excluding carboxylic acids is 1. The van der Waals surface area contributed by atoms with Gasteiger partial charge in [-0.1, -0.05) is 18.2 Å². The lowest BCUT2D eigenvalue weighted by atomic mass is 10.2. The molecular weight excluding hydrogens is 328 g/mol. The molecule has 134 valence electrons. The van der Waals surface area contributed by atoms with E-state index in [9.17, 15) is 4.79 Å². The Balaban J connectivity index is 1.47. The van der Waals surface area contributed by atoms with Gasteiger partial charge in [-0.05, 0) is 44.7 Å². The summed E-state index contributed by atoms with van der Waals surface area (Å²) in [7, 11) is 0. The molecule has 6 heteroatoms. The van der Waals surface area contributed by atoms with Gasteiger partial charge in [-0.15, -0.1) is 0 Å². The lowest BCUT2D eigenvalue weighted by molar-refractivity contribution is -0.115. The maximum absolute atomic E-state index is 12.5. The number of anilines is 1. The number of amides is 1. The fraction of sp³-hybridized carbons (Fsp3) is 0.350. The highest BCUT2D eigenvalue weighted by Crippen LogP contribution is 2.32. The maximum Gasteiger partial charge on any atom is 0.231 e. The van der Waals surface area contributed by atoms with E-state index >= 15 is 0 Å². The van der Waals surface area contributed by atoms with Gasteiger partial charge in [-0.3, -0.25) is 4.79 Å². The molecule has 0 atom stereocenters. The van der Waals surface area contributed by atoms with E-state index in [0.29, 0.717) is 23.3 Å². The summed E-state index contributed by atoms with van der Waals surface area (Å²) in [5, 5.41) is 7.38. The number of aromatic nitrogens is 3. The molecule has 4 rings (SSSR count). The Morgan fingerprint density at radius 2 is 2.04 bits per heavy atom. The zero-order chi connectivity index (χ0) is 18.1. The highest BCUT2D eigenvalue weighted by Gasteiger charge is 2.24. The van der Waals surface area contributed by atoms with Gasteiger partial charge < -0.3 is 9.73 Å². The van der Waals surface area contributed by atoms with Crippen LogP contribution in [-0.2, 0) is 17.8 Å². The average Bonchev–Trinajstić information content (AvgIpc) is 3.30. The Morgan fingerprint density at radius 1 is 1.27 bits per heavy atom. The SMILES string of the molecule is Cc1cnn(CC2CC2)c1NC(=O)Cc1nc(-c2ccccc2)oc1C. The van der Waals surface area contributed by atoms with E-state index in [-0.39, 0.29) is 12.3 Å². The van der Waals surface area contributed by atoms with Crippen molar-refractivity contribution in [3.05, 3.63) is 53.5 Å². The van der Waals surface area contributed by atoms with Crippen LogP contribution in [0.15, 0.2) is 40.9 Å². The fourth-order valence-electron chi connectivity index (χ4n) is 2.95. The third-order valence-electron chi connectivity index (χ3n) is 4.65. The monoisotopic (exact) mass is 350 g/mol. The van der Waals surface area contributed by atoms with Crippen LogP contribution in [0.4, 0.5) is 5.82 Å². The quantitative estimate of drug-likeness (QED) is 0.735. The summed E-state index contributed by atoms with van der Waals surface area (Å²) < 4.78 is 7.64. The van der Waals surface area contributed by atoms with Crippen LogP contribution in [0.2, 0.25) is 0 Å². The molecule has 0 radical (unpaired) electrons. The molecule has 1 N–H and O–H groups in total. The number of aryl methyl sites for hydroxylation is 2. The van der Waals surface area contributed by atoms with Crippen LogP contribution in [0.25, 0.3) is 11.5 Å². The molecule has 3 aromatic rings. The summed E-state index contributed by atoms with van der Waals surface area (Å²) in [6, 6.07) is 9.70. The highest BCUT2D eigenvalue weighted by molar-refractivity contribution is 5.92. The van der Waals surface area contributed by atoms with E-state index in [1.807, 2.05) is 48.9 Å². The first kappa shape index (κ1) is 16.6. The number of carbonyl (C=O) groups is 1. The fourth-order valence-corrected chi connectivity index (χ4v) is 2.95. The minimum absolute atomic E-state index is 0.110. The lowest BCUT2D eigenvalue weighted by Gasteiger charge is -2.09. The van der Waals surface area contributed by atoms with Gasteiger partial charge in [0.15, 0.2) is 0 Å². The number of nitrogens with one attached hydrogen (secondary N) is 1. The van der Waals surface area contributed by atoms with Gasteiger partial charge in [-0.25, -0.2) is 9.67 Å². The molecule has 6 nitrogen and oxygen atoms in total. The largest absolute Gasteiger partial charge is 0.441 e. The Morgan fingerprint density at radius 3 is 2.77 bits per heavy atom.